The van der Waals surface area contributed by atoms with Crippen LogP contribution in [-0.4, -0.2) is 14.2 Å². The van der Waals surface area contributed by atoms with E-state index in [0.29, 0.717) is 0 Å². The SMILES string of the molecule is CC(=O)c1cccc(OS(=O)(=O)c2c(F)cccc2F)c1. The van der Waals surface area contributed by atoms with Gasteiger partial charge in [-0.3, -0.25) is 4.79 Å². The molecular formula is C14H10F2O4S. The Morgan fingerprint density at radius 1 is 1.05 bits per heavy atom. The molecule has 0 saturated carbocycles. The molecule has 0 bridgehead atoms. The maximum atomic E-state index is 13.5. The zero-order valence-electron chi connectivity index (χ0n) is 10.8. The van der Waals surface area contributed by atoms with Gasteiger partial charge in [0.2, 0.25) is 0 Å². The van der Waals surface area contributed by atoms with Crippen LogP contribution in [0, 0.1) is 11.6 Å². The Kier molecular flexibility index (Phi) is 4.04. The summed E-state index contributed by atoms with van der Waals surface area (Å²) in [6.45, 7) is 1.30. The average molecular weight is 312 g/mol. The predicted octanol–water partition coefficient (Wildman–Crippen LogP) is 2.94. The minimum Gasteiger partial charge on any atom is -0.379 e. The lowest BCUT2D eigenvalue weighted by molar-refractivity contribution is 0.101. The number of carbonyl (C=O) groups excluding carboxylic acids is 1. The zero-order chi connectivity index (χ0) is 15.6. The lowest BCUT2D eigenvalue weighted by Gasteiger charge is -2.09. The van der Waals surface area contributed by atoms with Gasteiger partial charge in [-0.1, -0.05) is 18.2 Å². The third kappa shape index (κ3) is 3.25. The summed E-state index contributed by atoms with van der Waals surface area (Å²) < 4.78 is 55.6. The molecule has 0 spiro atoms. The molecule has 0 N–H and O–H groups in total. The lowest BCUT2D eigenvalue weighted by Crippen LogP contribution is -2.14. The van der Waals surface area contributed by atoms with E-state index < -0.39 is 26.6 Å². The Bertz CT molecular complexity index is 780. The minimum atomic E-state index is -4.68. The maximum Gasteiger partial charge on any atom is 0.345 e. The molecule has 2 aromatic carbocycles. The van der Waals surface area contributed by atoms with Gasteiger partial charge in [0, 0.05) is 5.56 Å². The third-order valence-corrected chi connectivity index (χ3v) is 3.92. The molecule has 0 radical (unpaired) electrons. The van der Waals surface area contributed by atoms with Crippen molar-refractivity contribution in [2.75, 3.05) is 0 Å². The summed E-state index contributed by atoms with van der Waals surface area (Å²) in [5, 5.41) is 0. The van der Waals surface area contributed by atoms with Gasteiger partial charge in [0.25, 0.3) is 0 Å². The van der Waals surface area contributed by atoms with E-state index in [1.54, 1.807) is 0 Å². The molecule has 0 saturated heterocycles. The molecule has 0 fully saturated rings. The Labute approximate surface area is 120 Å². The van der Waals surface area contributed by atoms with E-state index in [2.05, 4.69) is 4.18 Å². The molecule has 0 aliphatic heterocycles. The standard InChI is InChI=1S/C14H10F2O4S/c1-9(17)10-4-2-5-11(8-10)20-21(18,19)14-12(15)6-3-7-13(14)16/h2-8H,1H3. The first-order chi connectivity index (χ1) is 9.81. The first-order valence-electron chi connectivity index (χ1n) is 5.81. The number of ketones is 1. The van der Waals surface area contributed by atoms with Crippen molar-refractivity contribution >= 4 is 15.9 Å². The molecule has 0 amide bonds. The van der Waals surface area contributed by atoms with Crippen molar-refractivity contribution in [2.24, 2.45) is 0 Å². The fourth-order valence-corrected chi connectivity index (χ4v) is 2.71. The number of halogens is 2. The Morgan fingerprint density at radius 3 is 2.19 bits per heavy atom. The smallest absolute Gasteiger partial charge is 0.345 e. The van der Waals surface area contributed by atoms with E-state index in [9.17, 15) is 22.0 Å². The Balaban J connectivity index is 2.43. The highest BCUT2D eigenvalue weighted by atomic mass is 32.2. The van der Waals surface area contributed by atoms with Crippen LogP contribution in [0.3, 0.4) is 0 Å². The second-order valence-electron chi connectivity index (χ2n) is 4.17. The van der Waals surface area contributed by atoms with E-state index >= 15 is 0 Å². The van der Waals surface area contributed by atoms with Crippen LogP contribution in [0.1, 0.15) is 17.3 Å². The molecule has 2 rings (SSSR count). The van der Waals surface area contributed by atoms with Gasteiger partial charge in [0.15, 0.2) is 10.7 Å². The topological polar surface area (TPSA) is 60.4 Å². The van der Waals surface area contributed by atoms with Gasteiger partial charge >= 0.3 is 10.1 Å². The van der Waals surface area contributed by atoms with Crippen molar-refractivity contribution in [3.8, 4) is 5.75 Å². The number of hydrogen-bond donors (Lipinski definition) is 0. The summed E-state index contributed by atoms with van der Waals surface area (Å²) in [6, 6.07) is 7.98. The van der Waals surface area contributed by atoms with Crippen molar-refractivity contribution in [1.29, 1.82) is 0 Å². The number of carbonyl (C=O) groups is 1. The molecule has 0 aromatic heterocycles. The summed E-state index contributed by atoms with van der Waals surface area (Å²) in [5.41, 5.74) is 0.219. The largest absolute Gasteiger partial charge is 0.379 e. The molecule has 7 heteroatoms. The van der Waals surface area contributed by atoms with Gasteiger partial charge in [-0.2, -0.15) is 8.42 Å². The summed E-state index contributed by atoms with van der Waals surface area (Å²) in [6.07, 6.45) is 0. The highest BCUT2D eigenvalue weighted by Gasteiger charge is 2.26. The number of benzene rings is 2. The van der Waals surface area contributed by atoms with Gasteiger partial charge in [-0.25, -0.2) is 8.78 Å². The predicted molar refractivity (Wildman–Crippen MR) is 70.6 cm³/mol. The van der Waals surface area contributed by atoms with Crippen LogP contribution in [0.15, 0.2) is 47.4 Å². The summed E-state index contributed by atoms with van der Waals surface area (Å²) in [5.74, 6) is -3.00. The highest BCUT2D eigenvalue weighted by molar-refractivity contribution is 7.87. The molecule has 110 valence electrons. The van der Waals surface area contributed by atoms with Crippen molar-refractivity contribution in [3.63, 3.8) is 0 Å². The Hall–Kier alpha value is -2.28. The van der Waals surface area contributed by atoms with Gasteiger partial charge in [0.05, 0.1) is 0 Å². The molecule has 4 nitrogen and oxygen atoms in total. The van der Waals surface area contributed by atoms with Crippen molar-refractivity contribution < 1.29 is 26.2 Å². The second kappa shape index (κ2) is 5.61. The van der Waals surface area contributed by atoms with E-state index in [0.717, 1.165) is 18.2 Å². The first kappa shape index (κ1) is 15.1. The van der Waals surface area contributed by atoms with E-state index in [1.807, 2.05) is 0 Å². The molecule has 0 aliphatic carbocycles. The number of hydrogen-bond acceptors (Lipinski definition) is 4. The summed E-state index contributed by atoms with van der Waals surface area (Å²) >= 11 is 0. The highest BCUT2D eigenvalue weighted by Crippen LogP contribution is 2.24. The van der Waals surface area contributed by atoms with Crippen LogP contribution < -0.4 is 4.18 Å². The lowest BCUT2D eigenvalue weighted by atomic mass is 10.1. The third-order valence-electron chi connectivity index (χ3n) is 2.62. The Morgan fingerprint density at radius 2 is 1.62 bits per heavy atom. The first-order valence-corrected chi connectivity index (χ1v) is 7.21. The molecule has 0 unspecified atom stereocenters. The van der Waals surface area contributed by atoms with Crippen molar-refractivity contribution in [3.05, 3.63) is 59.7 Å². The zero-order valence-corrected chi connectivity index (χ0v) is 11.7. The van der Waals surface area contributed by atoms with Gasteiger partial charge in [0.1, 0.15) is 17.4 Å². The summed E-state index contributed by atoms with van der Waals surface area (Å²) in [7, 11) is -4.68. The van der Waals surface area contributed by atoms with E-state index in [-0.39, 0.29) is 17.1 Å². The fourth-order valence-electron chi connectivity index (χ4n) is 1.66. The quantitative estimate of drug-likeness (QED) is 0.643. The van der Waals surface area contributed by atoms with Crippen molar-refractivity contribution in [2.45, 2.75) is 11.8 Å². The van der Waals surface area contributed by atoms with Crippen LogP contribution in [0.2, 0.25) is 0 Å². The molecule has 21 heavy (non-hydrogen) atoms. The monoisotopic (exact) mass is 312 g/mol. The average Bonchev–Trinajstić information content (AvgIpc) is 2.37. The van der Waals surface area contributed by atoms with E-state index in [1.165, 1.54) is 31.2 Å². The van der Waals surface area contributed by atoms with Crippen LogP contribution in [0.25, 0.3) is 0 Å². The summed E-state index contributed by atoms with van der Waals surface area (Å²) in [4.78, 5) is 10.0. The van der Waals surface area contributed by atoms with Gasteiger partial charge < -0.3 is 4.18 Å². The maximum absolute atomic E-state index is 13.5. The fraction of sp³-hybridized carbons (Fsp3) is 0.0714. The molecule has 0 heterocycles. The molecule has 0 atom stereocenters. The van der Waals surface area contributed by atoms with Gasteiger partial charge in [-0.05, 0) is 31.2 Å². The van der Waals surface area contributed by atoms with Crippen LogP contribution in [-0.2, 0) is 10.1 Å². The molecule has 0 aliphatic rings. The van der Waals surface area contributed by atoms with E-state index in [4.69, 9.17) is 0 Å². The second-order valence-corrected chi connectivity index (χ2v) is 5.66. The number of Topliss-reactive ketones (excluding diaryl/α,β-unsaturated/α-hetero) is 1. The molecule has 2 aromatic rings. The van der Waals surface area contributed by atoms with Crippen LogP contribution in [0.4, 0.5) is 8.78 Å². The van der Waals surface area contributed by atoms with Crippen LogP contribution >= 0.6 is 0 Å². The van der Waals surface area contributed by atoms with Gasteiger partial charge in [-0.15, -0.1) is 0 Å². The molecular weight excluding hydrogens is 302 g/mol. The van der Waals surface area contributed by atoms with Crippen molar-refractivity contribution in [1.82, 2.24) is 0 Å². The normalized spacial score (nSPS) is 11.2. The number of rotatable bonds is 4. The minimum absolute atomic E-state index is 0.203. The van der Waals surface area contributed by atoms with Crippen LogP contribution in [0.5, 0.6) is 5.75 Å².